The quantitative estimate of drug-likeness (QED) is 0.938. The predicted molar refractivity (Wildman–Crippen MR) is 67.7 cm³/mol. The van der Waals surface area contributed by atoms with Gasteiger partial charge in [-0.15, -0.1) is 0 Å². The highest BCUT2D eigenvalue weighted by Crippen LogP contribution is 2.34. The van der Waals surface area contributed by atoms with E-state index in [-0.39, 0.29) is 5.56 Å². The first-order valence-corrected chi connectivity index (χ1v) is 6.12. The number of nitrogens with one attached hydrogen (secondary N) is 1. The highest BCUT2D eigenvalue weighted by molar-refractivity contribution is 5.32. The number of halogens is 3. The van der Waals surface area contributed by atoms with Crippen molar-refractivity contribution in [1.29, 1.82) is 0 Å². The Morgan fingerprint density at radius 2 is 2.00 bits per heavy atom. The van der Waals surface area contributed by atoms with Crippen molar-refractivity contribution in [3.63, 3.8) is 0 Å². The molecular formula is C13H15F3N4. The summed E-state index contributed by atoms with van der Waals surface area (Å²) in [4.78, 5) is 4.02. The summed E-state index contributed by atoms with van der Waals surface area (Å²) in [6, 6.07) is 5.13. The van der Waals surface area contributed by atoms with Gasteiger partial charge in [0.15, 0.2) is 0 Å². The van der Waals surface area contributed by atoms with Gasteiger partial charge in [0.1, 0.15) is 12.2 Å². The zero-order valence-corrected chi connectivity index (χ0v) is 11.1. The van der Waals surface area contributed by atoms with Crippen molar-refractivity contribution in [3.8, 4) is 0 Å². The second kappa shape index (κ2) is 5.62. The first kappa shape index (κ1) is 14.5. The average Bonchev–Trinajstić information content (AvgIpc) is 2.80. The van der Waals surface area contributed by atoms with E-state index in [2.05, 4.69) is 15.4 Å². The van der Waals surface area contributed by atoms with E-state index in [1.54, 1.807) is 24.7 Å². The van der Waals surface area contributed by atoms with Crippen molar-refractivity contribution in [1.82, 2.24) is 20.1 Å². The first-order valence-electron chi connectivity index (χ1n) is 6.12. The minimum atomic E-state index is -4.35. The molecular weight excluding hydrogens is 269 g/mol. The first-order chi connectivity index (χ1) is 9.39. The van der Waals surface area contributed by atoms with Crippen LogP contribution < -0.4 is 5.32 Å². The van der Waals surface area contributed by atoms with E-state index in [0.717, 1.165) is 6.07 Å². The molecule has 4 nitrogen and oxygen atoms in total. The Labute approximate surface area is 114 Å². The van der Waals surface area contributed by atoms with Crippen molar-refractivity contribution in [3.05, 3.63) is 47.5 Å². The summed E-state index contributed by atoms with van der Waals surface area (Å²) in [5, 5.41) is 6.94. The smallest absolute Gasteiger partial charge is 0.303 e. The standard InChI is InChI=1S/C13H15F3N4/c1-9(17-7-12-18-8-19-20(12)2)10-5-3-4-6-11(10)13(14,15)16/h3-6,8-9,17H,7H2,1-2H3/t9-/m0/s1. The lowest BCUT2D eigenvalue weighted by Crippen LogP contribution is -2.23. The maximum absolute atomic E-state index is 12.9. The van der Waals surface area contributed by atoms with Gasteiger partial charge in [-0.2, -0.15) is 18.3 Å². The molecule has 0 saturated carbocycles. The van der Waals surface area contributed by atoms with Gasteiger partial charge in [0.25, 0.3) is 0 Å². The zero-order valence-electron chi connectivity index (χ0n) is 11.1. The van der Waals surface area contributed by atoms with Crippen molar-refractivity contribution in [2.24, 2.45) is 7.05 Å². The molecule has 0 aliphatic heterocycles. The van der Waals surface area contributed by atoms with Gasteiger partial charge < -0.3 is 5.32 Å². The van der Waals surface area contributed by atoms with E-state index in [1.165, 1.54) is 18.5 Å². The molecule has 0 aliphatic carbocycles. The Morgan fingerprint density at radius 1 is 1.30 bits per heavy atom. The topological polar surface area (TPSA) is 42.7 Å². The highest BCUT2D eigenvalue weighted by atomic mass is 19.4. The van der Waals surface area contributed by atoms with Crippen LogP contribution in [-0.4, -0.2) is 14.8 Å². The van der Waals surface area contributed by atoms with Crippen molar-refractivity contribution < 1.29 is 13.2 Å². The Bertz CT molecular complexity index is 577. The maximum atomic E-state index is 12.9. The number of aryl methyl sites for hydroxylation is 1. The lowest BCUT2D eigenvalue weighted by atomic mass is 10.0. The molecule has 7 heteroatoms. The third-order valence-corrected chi connectivity index (χ3v) is 3.10. The number of aromatic nitrogens is 3. The number of nitrogens with zero attached hydrogens (tertiary/aromatic N) is 3. The Balaban J connectivity index is 2.14. The minimum Gasteiger partial charge on any atom is -0.303 e. The van der Waals surface area contributed by atoms with Gasteiger partial charge in [-0.1, -0.05) is 18.2 Å². The molecule has 0 spiro atoms. The van der Waals surface area contributed by atoms with Crippen molar-refractivity contribution in [2.75, 3.05) is 0 Å². The monoisotopic (exact) mass is 284 g/mol. The summed E-state index contributed by atoms with van der Waals surface area (Å²) in [7, 11) is 1.73. The van der Waals surface area contributed by atoms with Crippen LogP contribution in [0, 0.1) is 0 Å². The third-order valence-electron chi connectivity index (χ3n) is 3.10. The lowest BCUT2D eigenvalue weighted by Gasteiger charge is -2.19. The second-order valence-electron chi connectivity index (χ2n) is 4.49. The fourth-order valence-corrected chi connectivity index (χ4v) is 1.97. The minimum absolute atomic E-state index is 0.224. The molecule has 108 valence electrons. The van der Waals surface area contributed by atoms with Crippen LogP contribution >= 0.6 is 0 Å². The Hall–Kier alpha value is -1.89. The summed E-state index contributed by atoms with van der Waals surface area (Å²) in [5.41, 5.74) is -0.389. The van der Waals surface area contributed by atoms with Gasteiger partial charge in [-0.25, -0.2) is 4.98 Å². The van der Waals surface area contributed by atoms with Crippen LogP contribution in [0.4, 0.5) is 13.2 Å². The number of hydrogen-bond acceptors (Lipinski definition) is 3. The molecule has 1 aromatic carbocycles. The molecule has 0 saturated heterocycles. The summed E-state index contributed by atoms with van der Waals surface area (Å²) in [6.07, 6.45) is -2.94. The van der Waals surface area contributed by atoms with Crippen LogP contribution in [-0.2, 0) is 19.8 Å². The number of benzene rings is 1. The molecule has 0 amide bonds. The molecule has 1 N–H and O–H groups in total. The van der Waals surface area contributed by atoms with Gasteiger partial charge in [-0.3, -0.25) is 4.68 Å². The molecule has 0 bridgehead atoms. The number of rotatable bonds is 4. The third kappa shape index (κ3) is 3.16. The van der Waals surface area contributed by atoms with Crippen LogP contribution in [0.15, 0.2) is 30.6 Å². The lowest BCUT2D eigenvalue weighted by molar-refractivity contribution is -0.138. The van der Waals surface area contributed by atoms with E-state index in [9.17, 15) is 13.2 Å². The van der Waals surface area contributed by atoms with E-state index in [0.29, 0.717) is 12.4 Å². The van der Waals surface area contributed by atoms with Crippen molar-refractivity contribution in [2.45, 2.75) is 25.7 Å². The summed E-state index contributed by atoms with van der Waals surface area (Å²) in [6.45, 7) is 2.05. The summed E-state index contributed by atoms with van der Waals surface area (Å²) >= 11 is 0. The second-order valence-corrected chi connectivity index (χ2v) is 4.49. The van der Waals surface area contributed by atoms with Crippen LogP contribution in [0.3, 0.4) is 0 Å². The molecule has 20 heavy (non-hydrogen) atoms. The predicted octanol–water partition coefficient (Wildman–Crippen LogP) is 2.68. The van der Waals surface area contributed by atoms with Gasteiger partial charge in [0.05, 0.1) is 12.1 Å². The molecule has 0 aliphatic rings. The summed E-state index contributed by atoms with van der Waals surface area (Å²) < 4.78 is 40.4. The molecule has 1 heterocycles. The van der Waals surface area contributed by atoms with Crippen LogP contribution in [0.25, 0.3) is 0 Å². The van der Waals surface area contributed by atoms with Gasteiger partial charge in [-0.05, 0) is 18.6 Å². The normalized spacial score (nSPS) is 13.4. The summed E-state index contributed by atoms with van der Waals surface area (Å²) in [5.74, 6) is 0.668. The van der Waals surface area contributed by atoms with E-state index >= 15 is 0 Å². The fraction of sp³-hybridized carbons (Fsp3) is 0.385. The van der Waals surface area contributed by atoms with Gasteiger partial charge >= 0.3 is 6.18 Å². The molecule has 0 fully saturated rings. The molecule has 0 radical (unpaired) electrons. The average molecular weight is 284 g/mol. The number of hydrogen-bond donors (Lipinski definition) is 1. The van der Waals surface area contributed by atoms with Crippen LogP contribution in [0.1, 0.15) is 29.9 Å². The van der Waals surface area contributed by atoms with Crippen LogP contribution in [0.5, 0.6) is 0 Å². The molecule has 0 unspecified atom stereocenters. The largest absolute Gasteiger partial charge is 0.416 e. The van der Waals surface area contributed by atoms with Gasteiger partial charge in [0.2, 0.25) is 0 Å². The SMILES string of the molecule is C[C@H](NCc1ncnn1C)c1ccccc1C(F)(F)F. The Morgan fingerprint density at radius 3 is 2.60 bits per heavy atom. The van der Waals surface area contributed by atoms with Crippen molar-refractivity contribution >= 4 is 0 Å². The zero-order chi connectivity index (χ0) is 14.8. The highest BCUT2D eigenvalue weighted by Gasteiger charge is 2.34. The fourth-order valence-electron chi connectivity index (χ4n) is 1.97. The molecule has 1 atom stereocenters. The van der Waals surface area contributed by atoms with E-state index in [1.807, 2.05) is 0 Å². The molecule has 2 aromatic rings. The Kier molecular flexibility index (Phi) is 4.08. The molecule has 2 rings (SSSR count). The maximum Gasteiger partial charge on any atom is 0.416 e. The molecule has 1 aromatic heterocycles. The van der Waals surface area contributed by atoms with Gasteiger partial charge in [0, 0.05) is 13.1 Å². The van der Waals surface area contributed by atoms with Crippen LogP contribution in [0.2, 0.25) is 0 Å². The van der Waals surface area contributed by atoms with E-state index < -0.39 is 17.8 Å². The van der Waals surface area contributed by atoms with E-state index in [4.69, 9.17) is 0 Å². The number of alkyl halides is 3.